The Morgan fingerprint density at radius 1 is 1.41 bits per heavy atom. The van der Waals surface area contributed by atoms with Crippen molar-refractivity contribution in [2.45, 2.75) is 25.3 Å². The average molecular weight is 236 g/mol. The predicted octanol–water partition coefficient (Wildman–Crippen LogP) is 2.05. The highest BCUT2D eigenvalue weighted by molar-refractivity contribution is 5.17. The Bertz CT molecular complexity index is 348. The monoisotopic (exact) mass is 236 g/mol. The van der Waals surface area contributed by atoms with Gasteiger partial charge in [-0.05, 0) is 44.5 Å². The van der Waals surface area contributed by atoms with Gasteiger partial charge in [-0.3, -0.25) is 0 Å². The summed E-state index contributed by atoms with van der Waals surface area (Å²) in [4.78, 5) is 2.35. The maximum atomic E-state index is 13.5. The Labute approximate surface area is 103 Å². The second kappa shape index (κ2) is 6.12. The molecule has 1 fully saturated rings. The number of halogens is 1. The number of hydrogen-bond acceptors (Lipinski definition) is 2. The first-order valence-electron chi connectivity index (χ1n) is 6.42. The number of nitrogens with zero attached hydrogens (tertiary/aromatic N) is 1. The zero-order valence-corrected chi connectivity index (χ0v) is 10.5. The van der Waals surface area contributed by atoms with Crippen molar-refractivity contribution in [1.82, 2.24) is 10.2 Å². The normalized spacial score (nSPS) is 20.8. The summed E-state index contributed by atoms with van der Waals surface area (Å²) in [7, 11) is 2.14. The lowest BCUT2D eigenvalue weighted by atomic mass is 10.1. The summed E-state index contributed by atoms with van der Waals surface area (Å²) >= 11 is 0. The van der Waals surface area contributed by atoms with E-state index in [-0.39, 0.29) is 5.82 Å². The zero-order valence-electron chi connectivity index (χ0n) is 10.5. The molecule has 0 radical (unpaired) electrons. The van der Waals surface area contributed by atoms with Gasteiger partial charge < -0.3 is 10.2 Å². The molecule has 1 N–H and O–H groups in total. The molecule has 1 aromatic carbocycles. The fourth-order valence-corrected chi connectivity index (χ4v) is 2.39. The summed E-state index contributed by atoms with van der Waals surface area (Å²) in [6.07, 6.45) is 3.29. The summed E-state index contributed by atoms with van der Waals surface area (Å²) in [5, 5.41) is 3.41. The highest BCUT2D eigenvalue weighted by Crippen LogP contribution is 2.11. The second-order valence-electron chi connectivity index (χ2n) is 4.82. The van der Waals surface area contributed by atoms with Gasteiger partial charge in [-0.1, -0.05) is 18.2 Å². The highest BCUT2D eigenvalue weighted by Gasteiger charge is 2.17. The molecular formula is C14H21FN2. The molecule has 0 aliphatic carbocycles. The van der Waals surface area contributed by atoms with Crippen LogP contribution in [0.2, 0.25) is 0 Å². The summed E-state index contributed by atoms with van der Waals surface area (Å²) < 4.78 is 13.5. The molecule has 1 aliphatic rings. The molecule has 17 heavy (non-hydrogen) atoms. The smallest absolute Gasteiger partial charge is 0.126 e. The summed E-state index contributed by atoms with van der Waals surface area (Å²) in [5.74, 6) is -0.0809. The van der Waals surface area contributed by atoms with E-state index in [4.69, 9.17) is 0 Å². The van der Waals surface area contributed by atoms with Gasteiger partial charge in [0.05, 0.1) is 0 Å². The van der Waals surface area contributed by atoms with Crippen LogP contribution in [0.15, 0.2) is 24.3 Å². The minimum atomic E-state index is -0.0809. The van der Waals surface area contributed by atoms with Crippen LogP contribution in [0, 0.1) is 5.82 Å². The SMILES string of the molecule is CN(CCc1ccccc1F)C1CCCNC1. The second-order valence-corrected chi connectivity index (χ2v) is 4.82. The van der Waals surface area contributed by atoms with Crippen LogP contribution in [0.4, 0.5) is 4.39 Å². The Kier molecular flexibility index (Phi) is 4.51. The van der Waals surface area contributed by atoms with Gasteiger partial charge in [0.2, 0.25) is 0 Å². The Hall–Kier alpha value is -0.930. The van der Waals surface area contributed by atoms with Gasteiger partial charge in [-0.2, -0.15) is 0 Å². The van der Waals surface area contributed by atoms with E-state index >= 15 is 0 Å². The zero-order chi connectivity index (χ0) is 12.1. The lowest BCUT2D eigenvalue weighted by Crippen LogP contribution is -2.44. The van der Waals surface area contributed by atoms with E-state index in [0.29, 0.717) is 6.04 Å². The molecule has 1 unspecified atom stereocenters. The fraction of sp³-hybridized carbons (Fsp3) is 0.571. The molecule has 1 saturated heterocycles. The minimum Gasteiger partial charge on any atom is -0.315 e. The Morgan fingerprint density at radius 3 is 2.94 bits per heavy atom. The van der Waals surface area contributed by atoms with Crippen molar-refractivity contribution < 1.29 is 4.39 Å². The van der Waals surface area contributed by atoms with Crippen LogP contribution in [0.3, 0.4) is 0 Å². The lowest BCUT2D eigenvalue weighted by molar-refractivity contribution is 0.205. The number of rotatable bonds is 4. The predicted molar refractivity (Wildman–Crippen MR) is 68.6 cm³/mol. The first kappa shape index (κ1) is 12.5. The Morgan fingerprint density at radius 2 is 2.24 bits per heavy atom. The first-order valence-corrected chi connectivity index (χ1v) is 6.42. The van der Waals surface area contributed by atoms with Gasteiger partial charge >= 0.3 is 0 Å². The summed E-state index contributed by atoms with van der Waals surface area (Å²) in [5.41, 5.74) is 0.822. The third-order valence-corrected chi connectivity index (χ3v) is 3.59. The van der Waals surface area contributed by atoms with Crippen LogP contribution in [0.25, 0.3) is 0 Å². The van der Waals surface area contributed by atoms with Crippen LogP contribution >= 0.6 is 0 Å². The Balaban J connectivity index is 1.83. The molecule has 0 aromatic heterocycles. The molecular weight excluding hydrogens is 215 g/mol. The quantitative estimate of drug-likeness (QED) is 0.860. The molecule has 1 heterocycles. The number of nitrogens with one attached hydrogen (secondary N) is 1. The van der Waals surface area contributed by atoms with Crippen LogP contribution in [-0.4, -0.2) is 37.6 Å². The number of likely N-dealkylation sites (N-methyl/N-ethyl adjacent to an activating group) is 1. The van der Waals surface area contributed by atoms with Crippen molar-refractivity contribution in [3.05, 3.63) is 35.6 Å². The third kappa shape index (κ3) is 3.51. The largest absolute Gasteiger partial charge is 0.315 e. The maximum Gasteiger partial charge on any atom is 0.126 e. The molecule has 0 spiro atoms. The van der Waals surface area contributed by atoms with Crippen molar-refractivity contribution in [3.63, 3.8) is 0 Å². The highest BCUT2D eigenvalue weighted by atomic mass is 19.1. The van der Waals surface area contributed by atoms with E-state index in [9.17, 15) is 4.39 Å². The third-order valence-electron chi connectivity index (χ3n) is 3.59. The average Bonchev–Trinajstić information content (AvgIpc) is 2.38. The molecule has 0 amide bonds. The van der Waals surface area contributed by atoms with E-state index in [1.165, 1.54) is 18.9 Å². The molecule has 0 saturated carbocycles. The number of benzene rings is 1. The van der Waals surface area contributed by atoms with Gasteiger partial charge in [0.1, 0.15) is 5.82 Å². The van der Waals surface area contributed by atoms with E-state index in [2.05, 4.69) is 17.3 Å². The van der Waals surface area contributed by atoms with Gasteiger partial charge in [0.25, 0.3) is 0 Å². The maximum absolute atomic E-state index is 13.5. The van der Waals surface area contributed by atoms with Crippen molar-refractivity contribution in [3.8, 4) is 0 Å². The van der Waals surface area contributed by atoms with Gasteiger partial charge in [0.15, 0.2) is 0 Å². The van der Waals surface area contributed by atoms with Gasteiger partial charge in [0, 0.05) is 19.1 Å². The van der Waals surface area contributed by atoms with Gasteiger partial charge in [-0.15, -0.1) is 0 Å². The van der Waals surface area contributed by atoms with Gasteiger partial charge in [-0.25, -0.2) is 4.39 Å². The molecule has 2 rings (SSSR count). The molecule has 94 valence electrons. The minimum absolute atomic E-state index is 0.0809. The molecule has 0 bridgehead atoms. The molecule has 3 heteroatoms. The topological polar surface area (TPSA) is 15.3 Å². The van der Waals surface area contributed by atoms with Crippen LogP contribution < -0.4 is 5.32 Å². The van der Waals surface area contributed by atoms with Crippen molar-refractivity contribution in [1.29, 1.82) is 0 Å². The standard InChI is InChI=1S/C14H21FN2/c1-17(13-6-4-9-16-11-13)10-8-12-5-2-3-7-14(12)15/h2-3,5,7,13,16H,4,6,8-11H2,1H3. The summed E-state index contributed by atoms with van der Waals surface area (Å²) in [6.45, 7) is 3.12. The molecule has 1 aliphatic heterocycles. The molecule has 1 atom stereocenters. The van der Waals surface area contributed by atoms with Crippen molar-refractivity contribution in [2.24, 2.45) is 0 Å². The summed E-state index contributed by atoms with van der Waals surface area (Å²) in [6, 6.07) is 7.67. The van der Waals surface area contributed by atoms with E-state index in [0.717, 1.165) is 31.6 Å². The van der Waals surface area contributed by atoms with E-state index in [1.807, 2.05) is 12.1 Å². The van der Waals surface area contributed by atoms with Crippen LogP contribution in [0.1, 0.15) is 18.4 Å². The van der Waals surface area contributed by atoms with E-state index in [1.54, 1.807) is 6.07 Å². The van der Waals surface area contributed by atoms with E-state index < -0.39 is 0 Å². The number of piperidine rings is 1. The molecule has 1 aromatic rings. The van der Waals surface area contributed by atoms with Crippen LogP contribution in [0.5, 0.6) is 0 Å². The number of hydrogen-bond donors (Lipinski definition) is 1. The lowest BCUT2D eigenvalue weighted by Gasteiger charge is -2.31. The van der Waals surface area contributed by atoms with Crippen LogP contribution in [-0.2, 0) is 6.42 Å². The van der Waals surface area contributed by atoms with Crippen molar-refractivity contribution in [2.75, 3.05) is 26.7 Å². The van der Waals surface area contributed by atoms with Crippen molar-refractivity contribution >= 4 is 0 Å². The first-order chi connectivity index (χ1) is 8.27. The molecule has 2 nitrogen and oxygen atoms in total. The fourth-order valence-electron chi connectivity index (χ4n) is 2.39.